The molecule has 1 aliphatic rings. The quantitative estimate of drug-likeness (QED) is 0.349. The van der Waals surface area contributed by atoms with E-state index < -0.39 is 0 Å². The summed E-state index contributed by atoms with van der Waals surface area (Å²) in [4.78, 5) is 20.2. The van der Waals surface area contributed by atoms with Crippen LogP contribution in [0.4, 0.5) is 11.5 Å². The van der Waals surface area contributed by atoms with E-state index in [1.54, 1.807) is 7.11 Å². The summed E-state index contributed by atoms with van der Waals surface area (Å²) < 4.78 is 5.52. The molecule has 5 rings (SSSR count). The normalized spacial score (nSPS) is 14.3. The first-order valence-electron chi connectivity index (χ1n) is 12.0. The Morgan fingerprint density at radius 1 is 1.06 bits per heavy atom. The van der Waals surface area contributed by atoms with Crippen LogP contribution in [0.15, 0.2) is 48.7 Å². The molecule has 0 spiro atoms. The summed E-state index contributed by atoms with van der Waals surface area (Å²) >= 11 is 6.16. The zero-order chi connectivity index (χ0) is 24.4. The summed E-state index contributed by atoms with van der Waals surface area (Å²) in [5.41, 5.74) is 3.10. The fourth-order valence-electron chi connectivity index (χ4n) is 4.61. The highest BCUT2D eigenvalue weighted by Crippen LogP contribution is 2.34. The number of anilines is 2. The number of fused-ring (bicyclic) bond motifs is 1. The number of aryl methyl sites for hydroxylation is 2. The van der Waals surface area contributed by atoms with E-state index in [2.05, 4.69) is 56.4 Å². The van der Waals surface area contributed by atoms with Crippen molar-refractivity contribution < 1.29 is 4.74 Å². The summed E-state index contributed by atoms with van der Waals surface area (Å²) in [6.07, 6.45) is 4.62. The van der Waals surface area contributed by atoms with Gasteiger partial charge in [-0.3, -0.25) is 0 Å². The van der Waals surface area contributed by atoms with E-state index in [0.29, 0.717) is 17.0 Å². The zero-order valence-corrected chi connectivity index (χ0v) is 21.0. The lowest BCUT2D eigenvalue weighted by molar-refractivity contribution is 0.415. The molecule has 0 unspecified atom stereocenters. The predicted molar refractivity (Wildman–Crippen MR) is 142 cm³/mol. The third-order valence-electron chi connectivity index (χ3n) is 6.45. The molecule has 0 aliphatic carbocycles. The van der Waals surface area contributed by atoms with Crippen LogP contribution in [0.3, 0.4) is 0 Å². The Hall–Kier alpha value is -3.45. The Kier molecular flexibility index (Phi) is 6.68. The maximum absolute atomic E-state index is 6.16. The van der Waals surface area contributed by atoms with Crippen LogP contribution in [0, 0.1) is 6.92 Å². The Balaban J connectivity index is 1.42. The van der Waals surface area contributed by atoms with E-state index in [1.165, 1.54) is 0 Å². The molecule has 0 radical (unpaired) electrons. The summed E-state index contributed by atoms with van der Waals surface area (Å²) in [6, 6.07) is 14.7. The highest BCUT2D eigenvalue weighted by Gasteiger charge is 2.22. The van der Waals surface area contributed by atoms with E-state index in [4.69, 9.17) is 21.3 Å². The molecule has 0 bridgehead atoms. The van der Waals surface area contributed by atoms with Gasteiger partial charge in [-0.05, 0) is 55.5 Å². The van der Waals surface area contributed by atoms with E-state index in [0.717, 1.165) is 77.5 Å². The fraction of sp³-hybridized carbons (Fsp3) is 0.333. The van der Waals surface area contributed by atoms with Crippen molar-refractivity contribution in [3.05, 3.63) is 65.5 Å². The molecule has 1 aliphatic heterocycles. The molecule has 0 atom stereocenters. The number of methoxy groups -OCH3 is 1. The number of nitrogens with zero attached hydrogens (tertiary/aromatic N) is 5. The smallest absolute Gasteiger partial charge is 0.134 e. The van der Waals surface area contributed by atoms with Crippen LogP contribution in [-0.4, -0.2) is 46.2 Å². The molecule has 2 aromatic heterocycles. The number of aromatic nitrogens is 4. The molecule has 8 heteroatoms. The molecule has 1 N–H and O–H groups in total. The molecular weight excluding hydrogens is 460 g/mol. The second-order valence-electron chi connectivity index (χ2n) is 8.82. The van der Waals surface area contributed by atoms with Gasteiger partial charge in [-0.15, -0.1) is 0 Å². The van der Waals surface area contributed by atoms with E-state index in [1.807, 2.05) is 31.3 Å². The average molecular weight is 489 g/mol. The van der Waals surface area contributed by atoms with Crippen molar-refractivity contribution in [2.45, 2.75) is 39.2 Å². The molecular formula is C27H29ClN6O. The molecule has 4 aromatic rings. The van der Waals surface area contributed by atoms with Crippen molar-refractivity contribution in [3.8, 4) is 17.0 Å². The highest BCUT2D eigenvalue weighted by atomic mass is 35.5. The van der Waals surface area contributed by atoms with Crippen molar-refractivity contribution in [1.29, 1.82) is 0 Å². The van der Waals surface area contributed by atoms with Gasteiger partial charge in [0.15, 0.2) is 0 Å². The molecule has 0 saturated carbocycles. The van der Waals surface area contributed by atoms with Gasteiger partial charge in [-0.1, -0.05) is 24.6 Å². The molecule has 1 fully saturated rings. The van der Waals surface area contributed by atoms with Crippen LogP contribution in [0.25, 0.3) is 22.0 Å². The second-order valence-corrected chi connectivity index (χ2v) is 9.21. The largest absolute Gasteiger partial charge is 0.497 e. The maximum Gasteiger partial charge on any atom is 0.134 e. The Labute approximate surface area is 210 Å². The number of halogens is 1. The topological polar surface area (TPSA) is 76.1 Å². The van der Waals surface area contributed by atoms with Crippen LogP contribution in [0.1, 0.15) is 31.4 Å². The van der Waals surface area contributed by atoms with Gasteiger partial charge >= 0.3 is 0 Å². The Morgan fingerprint density at radius 2 is 1.89 bits per heavy atom. The summed E-state index contributed by atoms with van der Waals surface area (Å²) in [5, 5.41) is 6.59. The Bertz CT molecular complexity index is 1330. The maximum atomic E-state index is 6.16. The molecule has 0 amide bonds. The third-order valence-corrected chi connectivity index (χ3v) is 6.64. The van der Waals surface area contributed by atoms with Gasteiger partial charge in [0.25, 0.3) is 0 Å². The second kappa shape index (κ2) is 10.0. The van der Waals surface area contributed by atoms with Crippen molar-refractivity contribution in [3.63, 3.8) is 0 Å². The van der Waals surface area contributed by atoms with Crippen molar-refractivity contribution >= 4 is 33.9 Å². The zero-order valence-electron chi connectivity index (χ0n) is 20.3. The van der Waals surface area contributed by atoms with Gasteiger partial charge in [-0.2, -0.15) is 0 Å². The predicted octanol–water partition coefficient (Wildman–Crippen LogP) is 5.70. The molecule has 180 valence electrons. The lowest BCUT2D eigenvalue weighted by atomic mass is 9.99. The minimum atomic E-state index is 0.339. The molecule has 7 nitrogen and oxygen atoms in total. The summed E-state index contributed by atoms with van der Waals surface area (Å²) in [6.45, 7) is 5.74. The third kappa shape index (κ3) is 5.15. The van der Waals surface area contributed by atoms with Gasteiger partial charge in [0.1, 0.15) is 28.4 Å². The van der Waals surface area contributed by atoms with E-state index in [9.17, 15) is 0 Å². The van der Waals surface area contributed by atoms with E-state index in [-0.39, 0.29) is 0 Å². The number of rotatable bonds is 6. The molecule has 35 heavy (non-hydrogen) atoms. The molecule has 3 heterocycles. The molecule has 1 saturated heterocycles. The minimum Gasteiger partial charge on any atom is -0.497 e. The highest BCUT2D eigenvalue weighted by molar-refractivity contribution is 6.29. The lowest BCUT2D eigenvalue weighted by Gasteiger charge is -2.34. The SMILES string of the molecule is CCc1nccc(-c2cc(NC3CCN(c4cc(Cl)nc(C)n4)CC3)c3cc(OC)ccc3c2)n1. The lowest BCUT2D eigenvalue weighted by Crippen LogP contribution is -2.39. The number of nitrogens with one attached hydrogen (secondary N) is 1. The average Bonchev–Trinajstić information content (AvgIpc) is 2.88. The van der Waals surface area contributed by atoms with Gasteiger partial charge in [0, 0.05) is 54.5 Å². The van der Waals surface area contributed by atoms with Gasteiger partial charge < -0.3 is 15.0 Å². The first kappa shape index (κ1) is 23.3. The van der Waals surface area contributed by atoms with E-state index >= 15 is 0 Å². The summed E-state index contributed by atoms with van der Waals surface area (Å²) in [5.74, 6) is 3.28. The van der Waals surface area contributed by atoms with Gasteiger partial charge in [0.2, 0.25) is 0 Å². The molecule has 2 aromatic carbocycles. The standard InChI is InChI=1S/C27H29ClN6O/c1-4-26-29-10-7-23(33-26)19-13-18-5-6-21(35-3)15-22(18)24(14-19)32-20-8-11-34(12-9-20)27-16-25(28)30-17(2)31-27/h5-7,10,13-16,20,32H,4,8-9,11-12H2,1-3H3. The van der Waals surface area contributed by atoms with Crippen LogP contribution in [0.5, 0.6) is 5.75 Å². The summed E-state index contributed by atoms with van der Waals surface area (Å²) in [7, 11) is 1.70. The van der Waals surface area contributed by atoms with Crippen LogP contribution in [-0.2, 0) is 6.42 Å². The number of benzene rings is 2. The monoisotopic (exact) mass is 488 g/mol. The van der Waals surface area contributed by atoms with Crippen molar-refractivity contribution in [2.24, 2.45) is 0 Å². The number of hydrogen-bond acceptors (Lipinski definition) is 7. The van der Waals surface area contributed by atoms with Gasteiger partial charge in [-0.25, -0.2) is 19.9 Å². The minimum absolute atomic E-state index is 0.339. The number of ether oxygens (including phenoxy) is 1. The fourth-order valence-corrected chi connectivity index (χ4v) is 4.83. The first-order valence-corrected chi connectivity index (χ1v) is 12.4. The van der Waals surface area contributed by atoms with Crippen molar-refractivity contribution in [2.75, 3.05) is 30.4 Å². The number of piperidine rings is 1. The van der Waals surface area contributed by atoms with Crippen LogP contribution >= 0.6 is 11.6 Å². The first-order chi connectivity index (χ1) is 17.0. The van der Waals surface area contributed by atoms with Crippen LogP contribution in [0.2, 0.25) is 5.15 Å². The Morgan fingerprint density at radius 3 is 2.63 bits per heavy atom. The number of hydrogen-bond donors (Lipinski definition) is 1. The van der Waals surface area contributed by atoms with Crippen LogP contribution < -0.4 is 15.0 Å². The van der Waals surface area contributed by atoms with Gasteiger partial charge in [0.05, 0.1) is 12.8 Å². The van der Waals surface area contributed by atoms with Crippen molar-refractivity contribution in [1.82, 2.24) is 19.9 Å².